The van der Waals surface area contributed by atoms with E-state index >= 15 is 0 Å². The van der Waals surface area contributed by atoms with E-state index in [1.807, 2.05) is 24.3 Å². The number of Topliss-reactive ketones (excluding diaryl/α,β-unsaturated/α-hetero) is 1. The first-order valence-electron chi connectivity index (χ1n) is 6.16. The van der Waals surface area contributed by atoms with Crippen LogP contribution in [0.15, 0.2) is 24.3 Å². The first-order chi connectivity index (χ1) is 8.46. The molecule has 0 atom stereocenters. The Hall–Kier alpha value is -1.64. The van der Waals surface area contributed by atoms with Crippen LogP contribution in [0.5, 0.6) is 0 Å². The molecule has 0 saturated heterocycles. The number of hydrogen-bond donors (Lipinski definition) is 0. The zero-order valence-electron chi connectivity index (χ0n) is 11.0. The van der Waals surface area contributed by atoms with Gasteiger partial charge in [0.25, 0.3) is 0 Å². The van der Waals surface area contributed by atoms with Gasteiger partial charge in [0.15, 0.2) is 5.78 Å². The van der Waals surface area contributed by atoms with Crippen LogP contribution in [-0.4, -0.2) is 18.9 Å². The van der Waals surface area contributed by atoms with Crippen LogP contribution in [-0.2, 0) is 27.2 Å². The molecule has 96 valence electrons. The van der Waals surface area contributed by atoms with Crippen molar-refractivity contribution in [2.24, 2.45) is 11.3 Å². The van der Waals surface area contributed by atoms with Gasteiger partial charge in [-0.05, 0) is 37.8 Å². The predicted octanol–water partition coefficient (Wildman–Crippen LogP) is 2.17. The Balaban J connectivity index is 2.17. The molecule has 0 saturated carbocycles. The minimum absolute atomic E-state index is 0.0226. The molecule has 0 amide bonds. The van der Waals surface area contributed by atoms with Gasteiger partial charge in [-0.25, -0.2) is 0 Å². The normalized spacial score (nSPS) is 15.3. The highest BCUT2D eigenvalue weighted by Crippen LogP contribution is 2.33. The third-order valence-electron chi connectivity index (χ3n) is 3.73. The molecule has 2 rings (SSSR count). The number of ketones is 1. The second-order valence-electron chi connectivity index (χ2n) is 5.35. The van der Waals surface area contributed by atoms with Gasteiger partial charge in [0.05, 0.1) is 7.11 Å². The molecular weight excluding hydrogens is 228 g/mol. The quantitative estimate of drug-likeness (QED) is 0.606. The Bertz CT molecular complexity index is 463. The largest absolute Gasteiger partial charge is 0.468 e. The third-order valence-corrected chi connectivity index (χ3v) is 3.73. The summed E-state index contributed by atoms with van der Waals surface area (Å²) in [5, 5.41) is 0. The molecule has 1 aromatic rings. The van der Waals surface area contributed by atoms with E-state index in [1.54, 1.807) is 13.8 Å². The molecule has 0 heterocycles. The zero-order valence-corrected chi connectivity index (χ0v) is 11.0. The molecule has 0 spiro atoms. The smallest absolute Gasteiger partial charge is 0.318 e. The van der Waals surface area contributed by atoms with E-state index in [2.05, 4.69) is 0 Å². The Morgan fingerprint density at radius 1 is 1.17 bits per heavy atom. The highest BCUT2D eigenvalue weighted by atomic mass is 16.5. The lowest BCUT2D eigenvalue weighted by atomic mass is 9.80. The first kappa shape index (κ1) is 12.8. The van der Waals surface area contributed by atoms with E-state index in [4.69, 9.17) is 4.74 Å². The highest BCUT2D eigenvalue weighted by Gasteiger charge is 2.42. The summed E-state index contributed by atoms with van der Waals surface area (Å²) in [4.78, 5) is 24.1. The first-order valence-corrected chi connectivity index (χ1v) is 6.16. The minimum atomic E-state index is -1.05. The number of carbonyl (C=O) groups is 2. The summed E-state index contributed by atoms with van der Waals surface area (Å²) < 4.78 is 4.71. The molecule has 0 bridgehead atoms. The number of methoxy groups -OCH3 is 1. The Kier molecular flexibility index (Phi) is 3.24. The lowest BCUT2D eigenvalue weighted by Crippen LogP contribution is -2.39. The van der Waals surface area contributed by atoms with Gasteiger partial charge in [0, 0.05) is 5.92 Å². The standard InChI is InChI=1S/C15H18O3/c1-15(2,14(17)18-3)13(16)12-8-10-6-4-5-7-11(10)9-12/h4-7,12H,8-9H2,1-3H3. The van der Waals surface area contributed by atoms with Crippen LogP contribution >= 0.6 is 0 Å². The summed E-state index contributed by atoms with van der Waals surface area (Å²) in [5.74, 6) is -0.578. The maximum Gasteiger partial charge on any atom is 0.318 e. The number of carbonyl (C=O) groups excluding carboxylic acids is 2. The second-order valence-corrected chi connectivity index (χ2v) is 5.35. The molecule has 3 nitrogen and oxygen atoms in total. The molecular formula is C15H18O3. The van der Waals surface area contributed by atoms with E-state index in [9.17, 15) is 9.59 Å². The third kappa shape index (κ3) is 2.05. The molecule has 1 aliphatic carbocycles. The van der Waals surface area contributed by atoms with Crippen LogP contribution in [0.3, 0.4) is 0 Å². The molecule has 0 radical (unpaired) electrons. The van der Waals surface area contributed by atoms with E-state index in [0.29, 0.717) is 0 Å². The van der Waals surface area contributed by atoms with E-state index in [1.165, 1.54) is 18.2 Å². The molecule has 0 unspecified atom stereocenters. The van der Waals surface area contributed by atoms with Crippen molar-refractivity contribution in [1.82, 2.24) is 0 Å². The molecule has 0 aromatic heterocycles. The fourth-order valence-corrected chi connectivity index (χ4v) is 2.61. The molecule has 0 fully saturated rings. The van der Waals surface area contributed by atoms with Gasteiger partial charge in [0.2, 0.25) is 0 Å². The number of esters is 1. The number of rotatable bonds is 3. The lowest BCUT2D eigenvalue weighted by molar-refractivity contribution is -0.157. The van der Waals surface area contributed by atoms with Gasteiger partial charge in [-0.2, -0.15) is 0 Å². The predicted molar refractivity (Wildman–Crippen MR) is 68.1 cm³/mol. The van der Waals surface area contributed by atoms with Crippen LogP contribution < -0.4 is 0 Å². The lowest BCUT2D eigenvalue weighted by Gasteiger charge is -2.23. The van der Waals surface area contributed by atoms with Gasteiger partial charge >= 0.3 is 5.97 Å². The molecule has 1 aromatic carbocycles. The fraction of sp³-hybridized carbons (Fsp3) is 0.467. The summed E-state index contributed by atoms with van der Waals surface area (Å²) in [6.45, 7) is 3.29. The number of hydrogen-bond acceptors (Lipinski definition) is 3. The molecule has 1 aliphatic rings. The van der Waals surface area contributed by atoms with Crippen molar-refractivity contribution in [3.8, 4) is 0 Å². The molecule has 0 aliphatic heterocycles. The Morgan fingerprint density at radius 3 is 2.11 bits per heavy atom. The van der Waals surface area contributed by atoms with Crippen molar-refractivity contribution in [3.05, 3.63) is 35.4 Å². The Morgan fingerprint density at radius 2 is 1.67 bits per heavy atom. The average Bonchev–Trinajstić information content (AvgIpc) is 2.80. The van der Waals surface area contributed by atoms with Crippen LogP contribution in [0.4, 0.5) is 0 Å². The van der Waals surface area contributed by atoms with Gasteiger partial charge in [-0.15, -0.1) is 0 Å². The van der Waals surface area contributed by atoms with Crippen molar-refractivity contribution in [2.75, 3.05) is 7.11 Å². The van der Waals surface area contributed by atoms with Crippen LogP contribution in [0.1, 0.15) is 25.0 Å². The van der Waals surface area contributed by atoms with E-state index < -0.39 is 11.4 Å². The van der Waals surface area contributed by atoms with Crippen LogP contribution in [0, 0.1) is 11.3 Å². The summed E-state index contributed by atoms with van der Waals surface area (Å²) in [5.41, 5.74) is 1.38. The van der Waals surface area contributed by atoms with E-state index in [-0.39, 0.29) is 11.7 Å². The van der Waals surface area contributed by atoms with Gasteiger partial charge < -0.3 is 4.74 Å². The molecule has 18 heavy (non-hydrogen) atoms. The van der Waals surface area contributed by atoms with Crippen molar-refractivity contribution < 1.29 is 14.3 Å². The molecule has 0 N–H and O–H groups in total. The van der Waals surface area contributed by atoms with Crippen molar-refractivity contribution >= 4 is 11.8 Å². The Labute approximate surface area is 107 Å². The van der Waals surface area contributed by atoms with Gasteiger partial charge in [0.1, 0.15) is 5.41 Å². The van der Waals surface area contributed by atoms with Crippen molar-refractivity contribution in [2.45, 2.75) is 26.7 Å². The summed E-state index contributed by atoms with van der Waals surface area (Å²) in [6, 6.07) is 8.07. The van der Waals surface area contributed by atoms with E-state index in [0.717, 1.165) is 12.8 Å². The van der Waals surface area contributed by atoms with Crippen LogP contribution in [0.2, 0.25) is 0 Å². The maximum absolute atomic E-state index is 12.4. The van der Waals surface area contributed by atoms with Crippen molar-refractivity contribution in [3.63, 3.8) is 0 Å². The summed E-state index contributed by atoms with van der Waals surface area (Å²) >= 11 is 0. The number of fused-ring (bicyclic) bond motifs is 1. The molecule has 3 heteroatoms. The topological polar surface area (TPSA) is 43.4 Å². The fourth-order valence-electron chi connectivity index (χ4n) is 2.61. The monoisotopic (exact) mass is 246 g/mol. The van der Waals surface area contributed by atoms with Gasteiger partial charge in [-0.1, -0.05) is 24.3 Å². The number of ether oxygens (including phenoxy) is 1. The second kappa shape index (κ2) is 4.56. The highest BCUT2D eigenvalue weighted by molar-refractivity contribution is 6.04. The number of benzene rings is 1. The average molecular weight is 246 g/mol. The minimum Gasteiger partial charge on any atom is -0.468 e. The summed E-state index contributed by atoms with van der Waals surface area (Å²) in [6.07, 6.45) is 1.46. The van der Waals surface area contributed by atoms with Crippen molar-refractivity contribution in [1.29, 1.82) is 0 Å². The zero-order chi connectivity index (χ0) is 13.3. The van der Waals surface area contributed by atoms with Gasteiger partial charge in [-0.3, -0.25) is 9.59 Å². The SMILES string of the molecule is COC(=O)C(C)(C)C(=O)C1Cc2ccccc2C1. The van der Waals surface area contributed by atoms with Crippen LogP contribution in [0.25, 0.3) is 0 Å². The maximum atomic E-state index is 12.4. The summed E-state index contributed by atoms with van der Waals surface area (Å²) in [7, 11) is 1.32.